The summed E-state index contributed by atoms with van der Waals surface area (Å²) in [5, 5.41) is 0. The van der Waals surface area contributed by atoms with Crippen LogP contribution in [0.15, 0.2) is 29.2 Å². The second-order valence-electron chi connectivity index (χ2n) is 4.01. The zero-order valence-corrected chi connectivity index (χ0v) is 11.9. The van der Waals surface area contributed by atoms with E-state index < -0.39 is 20.0 Å². The summed E-state index contributed by atoms with van der Waals surface area (Å²) in [4.78, 5) is 0.243. The Morgan fingerprint density at radius 3 is 2.11 bits per heavy atom. The number of rotatable bonds is 6. The molecule has 0 atom stereocenters. The van der Waals surface area contributed by atoms with Crippen LogP contribution in [0.25, 0.3) is 0 Å². The summed E-state index contributed by atoms with van der Waals surface area (Å²) in [6.07, 6.45) is 1.07. The minimum absolute atomic E-state index is 0.121. The fraction of sp³-hybridized carbons (Fsp3) is 0.455. The molecule has 1 rings (SSSR count). The Morgan fingerprint density at radius 1 is 1.06 bits per heavy atom. The lowest BCUT2D eigenvalue weighted by atomic mass is 10.2. The largest absolute Gasteiger partial charge is 0.270 e. The predicted octanol–water partition coefficient (Wildman–Crippen LogP) is 1.14. The van der Waals surface area contributed by atoms with Crippen LogP contribution in [0.3, 0.4) is 0 Å². The smallest absolute Gasteiger partial charge is 0.264 e. The molecular formula is C11H16O5S2. The molecule has 18 heavy (non-hydrogen) atoms. The molecule has 102 valence electrons. The highest BCUT2D eigenvalue weighted by Crippen LogP contribution is 2.13. The van der Waals surface area contributed by atoms with E-state index in [9.17, 15) is 16.8 Å². The standard InChI is InChI=1S/C11H16O5S2/c1-10-4-6-11(7-5-10)18(14,15)9-3-8-16-17(2,12)13/h4-7H,3,8-9H2,1-2H3. The van der Waals surface area contributed by atoms with E-state index >= 15 is 0 Å². The molecule has 0 aliphatic rings. The SMILES string of the molecule is Cc1ccc(S(=O)(=O)CCCOS(C)(=O)=O)cc1. The van der Waals surface area contributed by atoms with Crippen molar-refractivity contribution in [2.24, 2.45) is 0 Å². The van der Waals surface area contributed by atoms with Crippen molar-refractivity contribution >= 4 is 20.0 Å². The van der Waals surface area contributed by atoms with E-state index in [4.69, 9.17) is 0 Å². The van der Waals surface area contributed by atoms with Crippen LogP contribution in [-0.2, 0) is 24.1 Å². The average Bonchev–Trinajstić information content (AvgIpc) is 2.24. The summed E-state index contributed by atoms with van der Waals surface area (Å²) in [5.74, 6) is -0.133. The topological polar surface area (TPSA) is 77.5 Å². The molecule has 0 saturated heterocycles. The van der Waals surface area contributed by atoms with Crippen LogP contribution >= 0.6 is 0 Å². The first-order valence-electron chi connectivity index (χ1n) is 5.34. The van der Waals surface area contributed by atoms with Gasteiger partial charge in [0.05, 0.1) is 23.5 Å². The maximum absolute atomic E-state index is 11.9. The zero-order valence-electron chi connectivity index (χ0n) is 10.3. The van der Waals surface area contributed by atoms with E-state index in [1.54, 1.807) is 24.3 Å². The van der Waals surface area contributed by atoms with Gasteiger partial charge in [0.15, 0.2) is 9.84 Å². The molecule has 1 aromatic rings. The molecule has 0 bridgehead atoms. The van der Waals surface area contributed by atoms with Gasteiger partial charge in [0.25, 0.3) is 10.1 Å². The quantitative estimate of drug-likeness (QED) is 0.580. The molecule has 0 unspecified atom stereocenters. The van der Waals surface area contributed by atoms with Gasteiger partial charge in [-0.3, -0.25) is 4.18 Å². The molecule has 0 spiro atoms. The molecule has 0 aromatic heterocycles. The van der Waals surface area contributed by atoms with Crippen LogP contribution < -0.4 is 0 Å². The van der Waals surface area contributed by atoms with E-state index in [0.29, 0.717) is 0 Å². The third kappa shape index (κ3) is 5.16. The molecule has 0 aliphatic heterocycles. The second kappa shape index (κ2) is 5.81. The maximum Gasteiger partial charge on any atom is 0.264 e. The van der Waals surface area contributed by atoms with Gasteiger partial charge in [0.2, 0.25) is 0 Å². The van der Waals surface area contributed by atoms with Crippen LogP contribution in [0, 0.1) is 6.92 Å². The first kappa shape index (κ1) is 15.1. The Hall–Kier alpha value is -0.920. The number of sulfone groups is 1. The van der Waals surface area contributed by atoms with Gasteiger partial charge in [-0.2, -0.15) is 8.42 Å². The van der Waals surface area contributed by atoms with Crippen LogP contribution in [0.4, 0.5) is 0 Å². The Bertz CT molecular complexity index is 585. The Morgan fingerprint density at radius 2 is 1.61 bits per heavy atom. The summed E-state index contributed by atoms with van der Waals surface area (Å²) in [6.45, 7) is 1.75. The van der Waals surface area contributed by atoms with E-state index in [1.807, 2.05) is 6.92 Å². The lowest BCUT2D eigenvalue weighted by Crippen LogP contribution is -2.11. The summed E-state index contributed by atoms with van der Waals surface area (Å²) < 4.78 is 49.6. The number of aryl methyl sites for hydroxylation is 1. The van der Waals surface area contributed by atoms with Crippen molar-refractivity contribution in [1.29, 1.82) is 0 Å². The van der Waals surface area contributed by atoms with Gasteiger partial charge in [0.1, 0.15) is 0 Å². The van der Waals surface area contributed by atoms with Crippen molar-refractivity contribution in [2.75, 3.05) is 18.6 Å². The number of hydrogen-bond donors (Lipinski definition) is 0. The third-order valence-electron chi connectivity index (χ3n) is 2.23. The molecule has 1 aromatic carbocycles. The summed E-state index contributed by atoms with van der Waals surface area (Å²) in [7, 11) is -6.88. The van der Waals surface area contributed by atoms with Gasteiger partial charge in [-0.15, -0.1) is 0 Å². The minimum atomic E-state index is -3.51. The number of hydrogen-bond acceptors (Lipinski definition) is 5. The highest BCUT2D eigenvalue weighted by atomic mass is 32.2. The molecule has 0 fully saturated rings. The van der Waals surface area contributed by atoms with Crippen LogP contribution in [0.5, 0.6) is 0 Å². The summed E-state index contributed by atoms with van der Waals surface area (Å²) in [5.41, 5.74) is 0.981. The molecule has 7 heteroatoms. The summed E-state index contributed by atoms with van der Waals surface area (Å²) >= 11 is 0. The van der Waals surface area contributed by atoms with Gasteiger partial charge in [-0.25, -0.2) is 8.42 Å². The highest BCUT2D eigenvalue weighted by Gasteiger charge is 2.14. The molecule has 5 nitrogen and oxygen atoms in total. The van der Waals surface area contributed by atoms with Gasteiger partial charge in [-0.05, 0) is 25.5 Å². The highest BCUT2D eigenvalue weighted by molar-refractivity contribution is 7.91. The van der Waals surface area contributed by atoms with Gasteiger partial charge in [0, 0.05) is 0 Å². The second-order valence-corrected chi connectivity index (χ2v) is 7.76. The molecule has 0 aliphatic carbocycles. The van der Waals surface area contributed by atoms with E-state index in [1.165, 1.54) is 0 Å². The lowest BCUT2D eigenvalue weighted by Gasteiger charge is -2.05. The number of benzene rings is 1. The van der Waals surface area contributed by atoms with E-state index in [-0.39, 0.29) is 23.7 Å². The minimum Gasteiger partial charge on any atom is -0.270 e. The Balaban J connectivity index is 2.58. The fourth-order valence-electron chi connectivity index (χ4n) is 1.32. The molecule has 0 saturated carbocycles. The normalized spacial score (nSPS) is 12.6. The van der Waals surface area contributed by atoms with Crippen molar-refractivity contribution in [3.63, 3.8) is 0 Å². The molecule has 0 amide bonds. The van der Waals surface area contributed by atoms with Gasteiger partial charge in [-0.1, -0.05) is 17.7 Å². The van der Waals surface area contributed by atoms with E-state index in [2.05, 4.69) is 4.18 Å². The van der Waals surface area contributed by atoms with Gasteiger partial charge < -0.3 is 0 Å². The first-order valence-corrected chi connectivity index (χ1v) is 8.81. The predicted molar refractivity (Wildman–Crippen MR) is 68.6 cm³/mol. The third-order valence-corrected chi connectivity index (χ3v) is 4.65. The van der Waals surface area contributed by atoms with E-state index in [0.717, 1.165) is 11.8 Å². The molecular weight excluding hydrogens is 276 g/mol. The van der Waals surface area contributed by atoms with Crippen molar-refractivity contribution in [1.82, 2.24) is 0 Å². The Labute approximate surface area is 108 Å². The van der Waals surface area contributed by atoms with Crippen molar-refractivity contribution < 1.29 is 21.0 Å². The first-order chi connectivity index (χ1) is 8.21. The van der Waals surface area contributed by atoms with Crippen LogP contribution in [0.2, 0.25) is 0 Å². The monoisotopic (exact) mass is 292 g/mol. The molecule has 0 radical (unpaired) electrons. The maximum atomic E-state index is 11.9. The van der Waals surface area contributed by atoms with Crippen molar-refractivity contribution in [2.45, 2.75) is 18.2 Å². The fourth-order valence-corrected chi connectivity index (χ4v) is 3.03. The van der Waals surface area contributed by atoms with Crippen molar-refractivity contribution in [3.05, 3.63) is 29.8 Å². The molecule has 0 heterocycles. The van der Waals surface area contributed by atoms with Crippen molar-refractivity contribution in [3.8, 4) is 0 Å². The average molecular weight is 292 g/mol. The van der Waals surface area contributed by atoms with Gasteiger partial charge >= 0.3 is 0 Å². The van der Waals surface area contributed by atoms with Crippen LogP contribution in [0.1, 0.15) is 12.0 Å². The molecule has 0 N–H and O–H groups in total. The van der Waals surface area contributed by atoms with Crippen LogP contribution in [-0.4, -0.2) is 35.5 Å². The Kier molecular flexibility index (Phi) is 4.89. The summed E-state index contributed by atoms with van der Waals surface area (Å²) in [6, 6.07) is 6.53. The zero-order chi connectivity index (χ0) is 13.8. The lowest BCUT2D eigenvalue weighted by molar-refractivity contribution is 0.322.